The first-order chi connectivity index (χ1) is 31.5. The van der Waals surface area contributed by atoms with Crippen molar-refractivity contribution in [3.8, 4) is 0 Å². The summed E-state index contributed by atoms with van der Waals surface area (Å²) in [5.41, 5.74) is 0. The number of allylic oxidation sites excluding steroid dienone is 8. The van der Waals surface area contributed by atoms with Crippen LogP contribution in [-0.4, -0.2) is 46.9 Å². The minimum atomic E-state index is -0.792. The van der Waals surface area contributed by atoms with Crippen LogP contribution in [0.5, 0.6) is 0 Å². The molecule has 0 aliphatic heterocycles. The first kappa shape index (κ1) is 61.8. The molecule has 0 aromatic carbocycles. The van der Waals surface area contributed by atoms with E-state index in [9.17, 15) is 19.8 Å². The molecule has 6 nitrogen and oxygen atoms in total. The van der Waals surface area contributed by atoms with Crippen molar-refractivity contribution in [3.63, 3.8) is 0 Å². The number of amides is 1. The van der Waals surface area contributed by atoms with Gasteiger partial charge in [-0.1, -0.05) is 256 Å². The van der Waals surface area contributed by atoms with E-state index >= 15 is 0 Å². The summed E-state index contributed by atoms with van der Waals surface area (Å²) >= 11 is 0. The van der Waals surface area contributed by atoms with E-state index in [2.05, 4.69) is 74.7 Å². The Labute approximate surface area is 397 Å². The Bertz CT molecular complexity index is 1100. The predicted octanol–water partition coefficient (Wildman–Crippen LogP) is 17.0. The van der Waals surface area contributed by atoms with Crippen molar-refractivity contribution in [1.29, 1.82) is 0 Å². The smallest absolute Gasteiger partial charge is 0.306 e. The fourth-order valence-electron chi connectivity index (χ4n) is 8.48. The van der Waals surface area contributed by atoms with E-state index in [0.717, 1.165) is 83.5 Å². The third kappa shape index (κ3) is 46.4. The zero-order valence-corrected chi connectivity index (χ0v) is 42.7. The maximum absolute atomic E-state index is 13.2. The summed E-state index contributed by atoms with van der Waals surface area (Å²) in [6.45, 7) is 6.39. The molecule has 3 atom stereocenters. The average Bonchev–Trinajstić information content (AvgIpc) is 3.29. The van der Waals surface area contributed by atoms with E-state index < -0.39 is 18.2 Å². The van der Waals surface area contributed by atoms with Crippen LogP contribution in [0.2, 0.25) is 0 Å². The molecule has 3 N–H and O–H groups in total. The number of carbonyl (C=O) groups is 2. The van der Waals surface area contributed by atoms with Gasteiger partial charge in [-0.3, -0.25) is 9.59 Å². The van der Waals surface area contributed by atoms with Gasteiger partial charge in [-0.05, 0) is 64.2 Å². The van der Waals surface area contributed by atoms with Crippen molar-refractivity contribution in [1.82, 2.24) is 5.32 Å². The van der Waals surface area contributed by atoms with E-state index in [-0.39, 0.29) is 24.9 Å². The molecule has 64 heavy (non-hydrogen) atoms. The Kier molecular flexibility index (Phi) is 50.0. The molecule has 0 fully saturated rings. The van der Waals surface area contributed by atoms with Crippen molar-refractivity contribution in [2.24, 2.45) is 0 Å². The summed E-state index contributed by atoms with van der Waals surface area (Å²) in [6.07, 6.45) is 63.1. The number of aliphatic hydroxyl groups is 2. The molecule has 1 amide bonds. The first-order valence-corrected chi connectivity index (χ1v) is 27.9. The molecule has 0 aromatic rings. The van der Waals surface area contributed by atoms with Crippen LogP contribution < -0.4 is 5.32 Å². The van der Waals surface area contributed by atoms with Gasteiger partial charge in [0.25, 0.3) is 0 Å². The number of esters is 1. The molecule has 0 aliphatic carbocycles. The molecule has 0 radical (unpaired) electrons. The molecule has 0 aromatic heterocycles. The van der Waals surface area contributed by atoms with E-state index in [4.69, 9.17) is 4.74 Å². The molecular formula is C58H107NO5. The molecule has 0 bridgehead atoms. The first-order valence-electron chi connectivity index (χ1n) is 27.9. The normalized spacial score (nSPS) is 13.5. The lowest BCUT2D eigenvalue weighted by Gasteiger charge is -2.24. The van der Waals surface area contributed by atoms with E-state index in [1.54, 1.807) is 0 Å². The number of hydrogen-bond acceptors (Lipinski definition) is 5. The molecule has 0 saturated heterocycles. The fourth-order valence-corrected chi connectivity index (χ4v) is 8.48. The highest BCUT2D eigenvalue weighted by molar-refractivity contribution is 5.77. The number of aliphatic hydroxyl groups excluding tert-OH is 2. The highest BCUT2D eigenvalue weighted by Crippen LogP contribution is 2.18. The minimum Gasteiger partial charge on any atom is -0.462 e. The van der Waals surface area contributed by atoms with Gasteiger partial charge in [0, 0.05) is 6.42 Å². The molecule has 374 valence electrons. The lowest BCUT2D eigenvalue weighted by Crippen LogP contribution is -2.46. The Morgan fingerprint density at radius 1 is 0.469 bits per heavy atom. The van der Waals surface area contributed by atoms with Gasteiger partial charge < -0.3 is 20.3 Å². The maximum atomic E-state index is 13.2. The van der Waals surface area contributed by atoms with Gasteiger partial charge in [0.05, 0.1) is 25.2 Å². The van der Waals surface area contributed by atoms with Crippen LogP contribution in [0.25, 0.3) is 0 Å². The van der Waals surface area contributed by atoms with Crippen LogP contribution in [0, 0.1) is 0 Å². The van der Waals surface area contributed by atoms with Gasteiger partial charge in [-0.15, -0.1) is 0 Å². The molecule has 0 aliphatic rings. The van der Waals surface area contributed by atoms with Gasteiger partial charge in [-0.2, -0.15) is 0 Å². The van der Waals surface area contributed by atoms with Gasteiger partial charge in [0.2, 0.25) is 5.91 Å². The molecule has 0 heterocycles. The van der Waals surface area contributed by atoms with Crippen LogP contribution >= 0.6 is 0 Å². The van der Waals surface area contributed by atoms with Gasteiger partial charge in [0.1, 0.15) is 6.10 Å². The molecule has 0 rings (SSSR count). The summed E-state index contributed by atoms with van der Waals surface area (Å²) in [5, 5.41) is 23.8. The zero-order chi connectivity index (χ0) is 46.7. The third-order valence-corrected chi connectivity index (χ3v) is 12.7. The number of rotatable bonds is 50. The van der Waals surface area contributed by atoms with Gasteiger partial charge in [-0.25, -0.2) is 0 Å². The second-order valence-corrected chi connectivity index (χ2v) is 19.0. The van der Waals surface area contributed by atoms with Crippen LogP contribution in [0.15, 0.2) is 48.6 Å². The summed E-state index contributed by atoms with van der Waals surface area (Å²) in [4.78, 5) is 26.2. The SMILES string of the molecule is CC/C=C/C/C=C/C/C=C/C/C=C/CCCCCC(=O)OC(CCCCCCCCCCCCCCCCC)CC(=O)NC(CO)C(O)CCCCCCCCCCCCCCCC. The van der Waals surface area contributed by atoms with Crippen molar-refractivity contribution >= 4 is 11.9 Å². The van der Waals surface area contributed by atoms with Crippen LogP contribution in [0.4, 0.5) is 0 Å². The maximum Gasteiger partial charge on any atom is 0.306 e. The average molecular weight is 898 g/mol. The Balaban J connectivity index is 4.60. The number of carbonyl (C=O) groups excluding carboxylic acids is 2. The second-order valence-electron chi connectivity index (χ2n) is 19.0. The minimum absolute atomic E-state index is 0.0677. The molecular weight excluding hydrogens is 791 g/mol. The van der Waals surface area contributed by atoms with Gasteiger partial charge in [0.15, 0.2) is 0 Å². The predicted molar refractivity (Wildman–Crippen MR) is 278 cm³/mol. The topological polar surface area (TPSA) is 95.9 Å². The fraction of sp³-hybridized carbons (Fsp3) is 0.828. The summed E-state index contributed by atoms with van der Waals surface area (Å²) in [7, 11) is 0. The number of nitrogens with one attached hydrogen (secondary N) is 1. The van der Waals surface area contributed by atoms with Crippen molar-refractivity contribution < 1.29 is 24.5 Å². The quantitative estimate of drug-likeness (QED) is 0.0321. The third-order valence-electron chi connectivity index (χ3n) is 12.7. The van der Waals surface area contributed by atoms with E-state index in [1.807, 2.05) is 0 Å². The summed E-state index contributed by atoms with van der Waals surface area (Å²) in [5.74, 6) is -0.498. The van der Waals surface area contributed by atoms with Gasteiger partial charge >= 0.3 is 5.97 Å². The lowest BCUT2D eigenvalue weighted by atomic mass is 10.0. The number of unbranched alkanes of at least 4 members (excludes halogenated alkanes) is 30. The molecule has 6 heteroatoms. The Morgan fingerprint density at radius 3 is 1.27 bits per heavy atom. The van der Waals surface area contributed by atoms with Crippen molar-refractivity contribution in [2.75, 3.05) is 6.61 Å². The molecule has 0 spiro atoms. The van der Waals surface area contributed by atoms with Crippen LogP contribution in [0.1, 0.15) is 284 Å². The number of hydrogen-bond donors (Lipinski definition) is 3. The lowest BCUT2D eigenvalue weighted by molar-refractivity contribution is -0.151. The van der Waals surface area contributed by atoms with Crippen LogP contribution in [0.3, 0.4) is 0 Å². The molecule has 3 unspecified atom stereocenters. The largest absolute Gasteiger partial charge is 0.462 e. The van der Waals surface area contributed by atoms with Crippen molar-refractivity contribution in [2.45, 2.75) is 302 Å². The van der Waals surface area contributed by atoms with E-state index in [1.165, 1.54) is 154 Å². The monoisotopic (exact) mass is 898 g/mol. The molecule has 0 saturated carbocycles. The summed E-state index contributed by atoms with van der Waals surface area (Å²) in [6, 6.07) is -0.707. The highest BCUT2D eigenvalue weighted by atomic mass is 16.5. The Morgan fingerprint density at radius 2 is 0.844 bits per heavy atom. The zero-order valence-electron chi connectivity index (χ0n) is 42.7. The highest BCUT2D eigenvalue weighted by Gasteiger charge is 2.24. The van der Waals surface area contributed by atoms with E-state index in [0.29, 0.717) is 19.3 Å². The second kappa shape index (κ2) is 51.8. The van der Waals surface area contributed by atoms with Crippen LogP contribution in [-0.2, 0) is 14.3 Å². The van der Waals surface area contributed by atoms with Crippen molar-refractivity contribution in [3.05, 3.63) is 48.6 Å². The summed E-state index contributed by atoms with van der Waals surface area (Å²) < 4.78 is 5.94. The Hall–Kier alpha value is -2.18. The standard InChI is InChI=1S/C58H107NO5/c1-4-7-10-13-16-19-22-25-28-30-33-36-39-42-45-48-51-58(63)64-54(49-46-43-40-37-34-31-29-26-23-20-17-14-11-8-5-2)52-57(62)59-55(53-60)56(61)50-47-44-41-38-35-32-27-24-21-18-15-12-9-6-3/h7,10,16,19,25,28,33,36,54-56,60-61H,4-6,8-9,11-15,17-18,20-24,26-27,29-32,34-35,37-53H2,1-3H3,(H,59,62)/b10-7+,19-16+,28-25+,36-33+. The number of ether oxygens (including phenoxy) is 1.